The Labute approximate surface area is 123 Å². The molecule has 0 saturated heterocycles. The highest BCUT2D eigenvalue weighted by Gasteiger charge is 2.45. The standard InChI is InChI=1S/C15H35NOSi2/c1-12(2)19(13(3)4,14(5)6)17-15(7)11-16-18(8,9)10/h11-15H,1-10H3/b16-11+/t15-/m0/s1. The first-order chi connectivity index (χ1) is 8.43. The van der Waals surface area contributed by atoms with Crippen LogP contribution in [0.2, 0.25) is 36.3 Å². The maximum atomic E-state index is 6.63. The van der Waals surface area contributed by atoms with Crippen LogP contribution in [0, 0.1) is 0 Å². The molecule has 0 N–H and O–H groups in total. The van der Waals surface area contributed by atoms with Crippen molar-refractivity contribution < 1.29 is 4.43 Å². The molecule has 0 heterocycles. The van der Waals surface area contributed by atoms with Crippen molar-refractivity contribution in [3.8, 4) is 0 Å². The molecule has 0 aliphatic heterocycles. The van der Waals surface area contributed by atoms with Crippen molar-refractivity contribution in [2.75, 3.05) is 0 Å². The highest BCUT2D eigenvalue weighted by Crippen LogP contribution is 2.42. The summed E-state index contributed by atoms with van der Waals surface area (Å²) in [6, 6.07) is 0. The van der Waals surface area contributed by atoms with Gasteiger partial charge in [0.05, 0.1) is 6.10 Å². The van der Waals surface area contributed by atoms with E-state index >= 15 is 0 Å². The zero-order valence-electron chi connectivity index (χ0n) is 14.7. The first kappa shape index (κ1) is 19.1. The van der Waals surface area contributed by atoms with Gasteiger partial charge in [-0.2, -0.15) is 0 Å². The topological polar surface area (TPSA) is 21.6 Å². The molecule has 0 aromatic carbocycles. The summed E-state index contributed by atoms with van der Waals surface area (Å²) in [6.45, 7) is 22.9. The molecule has 0 saturated carbocycles. The maximum absolute atomic E-state index is 6.63. The van der Waals surface area contributed by atoms with Crippen LogP contribution in [0.4, 0.5) is 0 Å². The van der Waals surface area contributed by atoms with Crippen molar-refractivity contribution in [3.05, 3.63) is 0 Å². The Balaban J connectivity index is 5.09. The lowest BCUT2D eigenvalue weighted by Crippen LogP contribution is -2.50. The molecule has 0 unspecified atom stereocenters. The van der Waals surface area contributed by atoms with Gasteiger partial charge in [-0.3, -0.25) is 0 Å². The second kappa shape index (κ2) is 7.18. The van der Waals surface area contributed by atoms with Crippen LogP contribution in [0.25, 0.3) is 0 Å². The zero-order valence-corrected chi connectivity index (χ0v) is 16.7. The van der Waals surface area contributed by atoms with Crippen LogP contribution in [-0.2, 0) is 4.43 Å². The van der Waals surface area contributed by atoms with Gasteiger partial charge in [-0.15, -0.1) is 0 Å². The van der Waals surface area contributed by atoms with E-state index in [1.807, 2.05) is 0 Å². The van der Waals surface area contributed by atoms with Crippen LogP contribution in [0.1, 0.15) is 48.5 Å². The normalized spacial score (nSPS) is 16.1. The molecule has 0 aromatic rings. The van der Waals surface area contributed by atoms with Crippen LogP contribution in [0.15, 0.2) is 4.66 Å². The van der Waals surface area contributed by atoms with Gasteiger partial charge in [-0.05, 0) is 43.2 Å². The van der Waals surface area contributed by atoms with E-state index in [0.29, 0.717) is 16.6 Å². The predicted molar refractivity (Wildman–Crippen MR) is 93.4 cm³/mol. The van der Waals surface area contributed by atoms with Crippen molar-refractivity contribution in [3.63, 3.8) is 0 Å². The lowest BCUT2D eigenvalue weighted by Gasteiger charge is -2.43. The molecule has 0 aromatic heterocycles. The molecule has 1 atom stereocenters. The summed E-state index contributed by atoms with van der Waals surface area (Å²) in [5, 5.41) is 0. The largest absolute Gasteiger partial charge is 0.409 e. The second-order valence-electron chi connectivity index (χ2n) is 7.59. The molecule has 114 valence electrons. The minimum absolute atomic E-state index is 0.144. The maximum Gasteiger partial charge on any atom is 0.201 e. The minimum atomic E-state index is -1.76. The van der Waals surface area contributed by atoms with Crippen LogP contribution >= 0.6 is 0 Å². The third-order valence-corrected chi connectivity index (χ3v) is 10.9. The summed E-state index contributed by atoms with van der Waals surface area (Å²) >= 11 is 0. The monoisotopic (exact) mass is 301 g/mol. The molecule has 2 nitrogen and oxygen atoms in total. The molecule has 0 aliphatic rings. The smallest absolute Gasteiger partial charge is 0.201 e. The molecule has 0 rings (SSSR count). The zero-order chi connectivity index (χ0) is 15.4. The van der Waals surface area contributed by atoms with Gasteiger partial charge in [0.25, 0.3) is 0 Å². The van der Waals surface area contributed by atoms with Crippen LogP contribution < -0.4 is 0 Å². The van der Waals surface area contributed by atoms with Gasteiger partial charge in [-0.1, -0.05) is 41.5 Å². The van der Waals surface area contributed by atoms with Crippen molar-refractivity contribution in [2.24, 2.45) is 4.66 Å². The molecular formula is C15H35NOSi2. The molecule has 4 heteroatoms. The van der Waals surface area contributed by atoms with E-state index in [9.17, 15) is 0 Å². The van der Waals surface area contributed by atoms with Gasteiger partial charge in [0.2, 0.25) is 8.32 Å². The molecule has 0 fully saturated rings. The van der Waals surface area contributed by atoms with E-state index < -0.39 is 16.6 Å². The predicted octanol–water partition coefficient (Wildman–Crippen LogP) is 5.47. The number of nitrogens with zero attached hydrogens (tertiary/aromatic N) is 1. The van der Waals surface area contributed by atoms with Crippen LogP contribution in [0.3, 0.4) is 0 Å². The van der Waals surface area contributed by atoms with Gasteiger partial charge in [0.1, 0.15) is 0 Å². The highest BCUT2D eigenvalue weighted by molar-refractivity contribution is 6.78. The number of rotatable bonds is 7. The Morgan fingerprint density at radius 3 is 1.42 bits per heavy atom. The molecular weight excluding hydrogens is 266 g/mol. The van der Waals surface area contributed by atoms with E-state index in [1.165, 1.54) is 0 Å². The fourth-order valence-electron chi connectivity index (χ4n) is 3.09. The van der Waals surface area contributed by atoms with Crippen LogP contribution in [-0.4, -0.2) is 28.9 Å². The van der Waals surface area contributed by atoms with E-state index in [2.05, 4.69) is 74.3 Å². The van der Waals surface area contributed by atoms with Gasteiger partial charge in [-0.25, -0.2) is 0 Å². The summed E-state index contributed by atoms with van der Waals surface area (Å²) in [5.74, 6) is 0. The summed E-state index contributed by atoms with van der Waals surface area (Å²) < 4.78 is 11.4. The Bertz CT molecular complexity index is 271. The van der Waals surface area contributed by atoms with E-state index in [1.54, 1.807) is 0 Å². The number of hydrogen-bond donors (Lipinski definition) is 0. The Morgan fingerprint density at radius 1 is 0.789 bits per heavy atom. The number of hydrogen-bond acceptors (Lipinski definition) is 2. The van der Waals surface area contributed by atoms with E-state index in [-0.39, 0.29) is 6.10 Å². The third-order valence-electron chi connectivity index (χ3n) is 3.77. The average molecular weight is 302 g/mol. The molecule has 19 heavy (non-hydrogen) atoms. The quantitative estimate of drug-likeness (QED) is 0.451. The first-order valence-electron chi connectivity index (χ1n) is 7.66. The van der Waals surface area contributed by atoms with E-state index in [0.717, 1.165) is 0 Å². The van der Waals surface area contributed by atoms with Crippen LogP contribution in [0.5, 0.6) is 0 Å². The first-order valence-corrected chi connectivity index (χ1v) is 13.2. The summed E-state index contributed by atoms with van der Waals surface area (Å²) in [6.07, 6.45) is 2.20. The highest BCUT2D eigenvalue weighted by atomic mass is 28.4. The summed E-state index contributed by atoms with van der Waals surface area (Å²) in [5.41, 5.74) is 1.90. The molecule has 0 radical (unpaired) electrons. The molecule has 0 bridgehead atoms. The van der Waals surface area contributed by atoms with Crippen molar-refractivity contribution in [2.45, 2.75) is 90.8 Å². The summed E-state index contributed by atoms with van der Waals surface area (Å²) in [4.78, 5) is 0. The van der Waals surface area contributed by atoms with Crippen molar-refractivity contribution in [1.82, 2.24) is 0 Å². The molecule has 0 aliphatic carbocycles. The van der Waals surface area contributed by atoms with E-state index in [4.69, 9.17) is 9.08 Å². The third kappa shape index (κ3) is 5.52. The molecule has 0 spiro atoms. The van der Waals surface area contributed by atoms with Gasteiger partial charge in [0.15, 0.2) is 8.24 Å². The second-order valence-corrected chi connectivity index (χ2v) is 17.6. The lowest BCUT2D eigenvalue weighted by molar-refractivity contribution is 0.253. The lowest BCUT2D eigenvalue weighted by atomic mass is 10.5. The minimum Gasteiger partial charge on any atom is -0.409 e. The summed E-state index contributed by atoms with van der Waals surface area (Å²) in [7, 11) is -3.13. The van der Waals surface area contributed by atoms with Crippen molar-refractivity contribution in [1.29, 1.82) is 0 Å². The van der Waals surface area contributed by atoms with Gasteiger partial charge >= 0.3 is 0 Å². The Kier molecular flexibility index (Phi) is 7.21. The van der Waals surface area contributed by atoms with Crippen molar-refractivity contribution >= 4 is 22.8 Å². The molecule has 0 amide bonds. The Morgan fingerprint density at radius 2 is 1.16 bits per heavy atom. The average Bonchev–Trinajstić information content (AvgIpc) is 2.20. The van der Waals surface area contributed by atoms with Gasteiger partial charge < -0.3 is 9.08 Å². The Hall–Kier alpha value is 0.0638. The SMILES string of the molecule is CC(C)[Si](O[C@@H](C)/C=N/[Si](C)(C)C)(C(C)C)C(C)C. The fourth-order valence-corrected chi connectivity index (χ4v) is 9.27. The van der Waals surface area contributed by atoms with Gasteiger partial charge in [0, 0.05) is 6.21 Å². The fraction of sp³-hybridized carbons (Fsp3) is 0.933.